The number of rotatable bonds is 4. The van der Waals surface area contributed by atoms with Gasteiger partial charge in [0, 0.05) is 11.3 Å². The third-order valence-corrected chi connectivity index (χ3v) is 3.57. The van der Waals surface area contributed by atoms with E-state index in [2.05, 4.69) is 30.7 Å². The molecule has 0 atom stereocenters. The Kier molecular flexibility index (Phi) is 3.58. The first-order valence-corrected chi connectivity index (χ1v) is 7.52. The molecule has 3 N–H and O–H groups in total. The molecule has 9 heteroatoms. The second kappa shape index (κ2) is 6.04. The van der Waals surface area contributed by atoms with E-state index in [1.807, 2.05) is 30.3 Å². The molecule has 0 spiro atoms. The normalized spacial score (nSPS) is 10.9. The number of nitrogens with one attached hydrogen (secondary N) is 3. The van der Waals surface area contributed by atoms with Crippen LogP contribution in [0.25, 0.3) is 22.4 Å². The summed E-state index contributed by atoms with van der Waals surface area (Å²) in [5, 5.41) is 14.8. The average Bonchev–Trinajstić information content (AvgIpc) is 3.21. The molecule has 0 aliphatic heterocycles. The minimum absolute atomic E-state index is 0.0679. The largest absolute Gasteiger partial charge is 0.324 e. The molecule has 124 valence electrons. The Balaban J connectivity index is 1.46. The van der Waals surface area contributed by atoms with E-state index in [0.29, 0.717) is 22.5 Å². The Bertz CT molecular complexity index is 1090. The van der Waals surface area contributed by atoms with Gasteiger partial charge >= 0.3 is 5.69 Å². The number of imidazole rings is 1. The zero-order valence-corrected chi connectivity index (χ0v) is 12.9. The van der Waals surface area contributed by atoms with Gasteiger partial charge < -0.3 is 15.3 Å². The molecule has 25 heavy (non-hydrogen) atoms. The molecule has 0 unspecified atom stereocenters. The van der Waals surface area contributed by atoms with Gasteiger partial charge in [0.25, 0.3) is 0 Å². The van der Waals surface area contributed by atoms with Crippen LogP contribution in [0.5, 0.6) is 0 Å². The van der Waals surface area contributed by atoms with Gasteiger partial charge in [-0.05, 0) is 23.4 Å². The van der Waals surface area contributed by atoms with Crippen LogP contribution in [0.1, 0.15) is 0 Å². The highest BCUT2D eigenvalue weighted by Crippen LogP contribution is 2.15. The fourth-order valence-corrected chi connectivity index (χ4v) is 2.45. The number of fused-ring (bicyclic) bond motifs is 1. The molecular formula is C16H13N7O2. The minimum Gasteiger partial charge on any atom is -0.324 e. The third kappa shape index (κ3) is 3.15. The van der Waals surface area contributed by atoms with E-state index in [0.717, 1.165) is 5.56 Å². The number of aromatic nitrogens is 6. The third-order valence-electron chi connectivity index (χ3n) is 3.57. The van der Waals surface area contributed by atoms with Gasteiger partial charge in [-0.15, -0.1) is 10.2 Å². The van der Waals surface area contributed by atoms with E-state index in [1.54, 1.807) is 18.2 Å². The number of carbonyl (C=O) groups excluding carboxylic acids is 1. The summed E-state index contributed by atoms with van der Waals surface area (Å²) in [7, 11) is 0. The number of H-pyrrole nitrogens is 2. The highest BCUT2D eigenvalue weighted by Gasteiger charge is 2.10. The fraction of sp³-hybridized carbons (Fsp3) is 0.0625. The predicted octanol–water partition coefficient (Wildman–Crippen LogP) is 1.15. The molecule has 2 aromatic carbocycles. The summed E-state index contributed by atoms with van der Waals surface area (Å²) in [6.07, 6.45) is 0. The molecule has 0 saturated carbocycles. The van der Waals surface area contributed by atoms with Crippen molar-refractivity contribution in [1.29, 1.82) is 0 Å². The smallest absolute Gasteiger partial charge is 0.323 e. The topological polar surface area (TPSA) is 121 Å². The van der Waals surface area contributed by atoms with E-state index in [1.165, 1.54) is 4.80 Å². The number of hydrogen-bond donors (Lipinski definition) is 3. The van der Waals surface area contributed by atoms with Gasteiger partial charge in [-0.2, -0.15) is 4.80 Å². The van der Waals surface area contributed by atoms with Crippen molar-refractivity contribution < 1.29 is 4.79 Å². The number of carbonyl (C=O) groups is 1. The van der Waals surface area contributed by atoms with E-state index >= 15 is 0 Å². The van der Waals surface area contributed by atoms with Crippen molar-refractivity contribution >= 4 is 22.6 Å². The minimum atomic E-state index is -0.297. The lowest BCUT2D eigenvalue weighted by atomic mass is 10.2. The number of aromatic amines is 2. The second-order valence-corrected chi connectivity index (χ2v) is 5.40. The van der Waals surface area contributed by atoms with Gasteiger partial charge in [0.2, 0.25) is 11.7 Å². The van der Waals surface area contributed by atoms with Crippen molar-refractivity contribution in [3.05, 3.63) is 59.0 Å². The predicted molar refractivity (Wildman–Crippen MR) is 90.8 cm³/mol. The summed E-state index contributed by atoms with van der Waals surface area (Å²) < 4.78 is 0. The summed E-state index contributed by atoms with van der Waals surface area (Å²) >= 11 is 0. The van der Waals surface area contributed by atoms with Crippen molar-refractivity contribution in [1.82, 2.24) is 30.2 Å². The molecule has 0 aliphatic carbocycles. The van der Waals surface area contributed by atoms with Crippen LogP contribution >= 0.6 is 0 Å². The summed E-state index contributed by atoms with van der Waals surface area (Å²) in [5.74, 6) is 0.161. The quantitative estimate of drug-likeness (QED) is 0.516. The Labute approximate surface area is 140 Å². The molecule has 0 radical (unpaired) electrons. The van der Waals surface area contributed by atoms with E-state index in [-0.39, 0.29) is 18.1 Å². The molecule has 4 rings (SSSR count). The van der Waals surface area contributed by atoms with E-state index in [4.69, 9.17) is 0 Å². The first-order chi connectivity index (χ1) is 12.2. The Morgan fingerprint density at radius 3 is 2.72 bits per heavy atom. The Morgan fingerprint density at radius 1 is 1.08 bits per heavy atom. The lowest BCUT2D eigenvalue weighted by Gasteiger charge is -2.04. The zero-order valence-electron chi connectivity index (χ0n) is 12.9. The number of hydrogen-bond acceptors (Lipinski definition) is 5. The fourth-order valence-electron chi connectivity index (χ4n) is 2.45. The van der Waals surface area contributed by atoms with Crippen LogP contribution in [0.15, 0.2) is 53.3 Å². The van der Waals surface area contributed by atoms with Crippen LogP contribution < -0.4 is 11.0 Å². The summed E-state index contributed by atoms with van der Waals surface area (Å²) in [6, 6.07) is 14.5. The van der Waals surface area contributed by atoms with Crippen LogP contribution in [0, 0.1) is 0 Å². The van der Waals surface area contributed by atoms with E-state index < -0.39 is 0 Å². The van der Waals surface area contributed by atoms with Gasteiger partial charge in [-0.25, -0.2) is 4.79 Å². The molecule has 1 amide bonds. The molecule has 0 fully saturated rings. The zero-order chi connectivity index (χ0) is 17.2. The summed E-state index contributed by atoms with van der Waals surface area (Å²) in [5.41, 5.74) is 2.40. The molecule has 0 bridgehead atoms. The summed E-state index contributed by atoms with van der Waals surface area (Å²) in [4.78, 5) is 29.9. The average molecular weight is 335 g/mol. The molecule has 9 nitrogen and oxygen atoms in total. The van der Waals surface area contributed by atoms with Gasteiger partial charge in [-0.3, -0.25) is 4.79 Å². The van der Waals surface area contributed by atoms with Crippen molar-refractivity contribution in [2.45, 2.75) is 6.54 Å². The van der Waals surface area contributed by atoms with Crippen molar-refractivity contribution in [3.8, 4) is 11.4 Å². The monoisotopic (exact) mass is 335 g/mol. The number of anilines is 1. The van der Waals surface area contributed by atoms with Crippen LogP contribution in [-0.4, -0.2) is 36.1 Å². The van der Waals surface area contributed by atoms with Crippen LogP contribution in [0.2, 0.25) is 0 Å². The van der Waals surface area contributed by atoms with Gasteiger partial charge in [0.1, 0.15) is 6.54 Å². The highest BCUT2D eigenvalue weighted by atomic mass is 16.2. The maximum atomic E-state index is 12.1. The number of tetrazole rings is 1. The SMILES string of the molecule is O=C(Cn1nnc(-c2ccccc2)n1)Nc1ccc2[nH]c(=O)[nH]c2c1. The lowest BCUT2D eigenvalue weighted by molar-refractivity contribution is -0.117. The molecule has 4 aromatic rings. The molecular weight excluding hydrogens is 322 g/mol. The van der Waals surface area contributed by atoms with Crippen LogP contribution in [0.4, 0.5) is 5.69 Å². The summed E-state index contributed by atoms with van der Waals surface area (Å²) in [6.45, 7) is -0.0679. The standard InChI is InChI=1S/C16H13N7O2/c24-14(17-11-6-7-12-13(8-11)19-16(25)18-12)9-23-21-15(20-22-23)10-4-2-1-3-5-10/h1-8H,9H2,(H,17,24)(H2,18,19,25). The van der Waals surface area contributed by atoms with Crippen molar-refractivity contribution in [2.75, 3.05) is 5.32 Å². The van der Waals surface area contributed by atoms with Crippen molar-refractivity contribution in [2.24, 2.45) is 0 Å². The van der Waals surface area contributed by atoms with Gasteiger partial charge in [-0.1, -0.05) is 30.3 Å². The number of nitrogens with zero attached hydrogens (tertiary/aromatic N) is 4. The first-order valence-electron chi connectivity index (χ1n) is 7.52. The van der Waals surface area contributed by atoms with Crippen molar-refractivity contribution in [3.63, 3.8) is 0 Å². The molecule has 0 saturated heterocycles. The molecule has 2 heterocycles. The number of benzene rings is 2. The second-order valence-electron chi connectivity index (χ2n) is 5.40. The van der Waals surface area contributed by atoms with Gasteiger partial charge in [0.15, 0.2) is 0 Å². The molecule has 0 aliphatic rings. The van der Waals surface area contributed by atoms with Crippen LogP contribution in [-0.2, 0) is 11.3 Å². The highest BCUT2D eigenvalue weighted by molar-refractivity contribution is 5.92. The molecule has 2 aromatic heterocycles. The Morgan fingerprint density at radius 2 is 1.88 bits per heavy atom. The van der Waals surface area contributed by atoms with Gasteiger partial charge in [0.05, 0.1) is 11.0 Å². The van der Waals surface area contributed by atoms with E-state index in [9.17, 15) is 9.59 Å². The number of amides is 1. The van der Waals surface area contributed by atoms with Crippen LogP contribution in [0.3, 0.4) is 0 Å². The maximum absolute atomic E-state index is 12.1. The first kappa shape index (κ1) is 14.8. The lowest BCUT2D eigenvalue weighted by Crippen LogP contribution is -2.20. The maximum Gasteiger partial charge on any atom is 0.323 e. The Hall–Kier alpha value is -3.75.